The minimum atomic E-state index is -1.47. The molecule has 0 bridgehead atoms. The van der Waals surface area contributed by atoms with Crippen molar-refractivity contribution in [2.24, 2.45) is 23.7 Å². The molecule has 4 fully saturated rings. The molecule has 3 N–H and O–H groups in total. The first-order valence-corrected chi connectivity index (χ1v) is 20.3. The maximum atomic E-state index is 14.5. The van der Waals surface area contributed by atoms with Crippen LogP contribution < -0.4 is 0 Å². The van der Waals surface area contributed by atoms with E-state index in [4.69, 9.17) is 33.2 Å². The summed E-state index contributed by atoms with van der Waals surface area (Å²) in [6, 6.07) is -0.382. The summed E-state index contributed by atoms with van der Waals surface area (Å²) in [6.07, 6.45) is -5.92. The first-order valence-electron chi connectivity index (χ1n) is 20.3. The van der Waals surface area contributed by atoms with Crippen LogP contribution in [0.2, 0.25) is 0 Å². The number of nitrogens with zero attached hydrogens (tertiary/aromatic N) is 3. The summed E-state index contributed by atoms with van der Waals surface area (Å²) < 4.78 is 45.7. The van der Waals surface area contributed by atoms with Crippen molar-refractivity contribution < 1.29 is 53.3 Å². The van der Waals surface area contributed by atoms with Crippen molar-refractivity contribution >= 4 is 5.97 Å². The van der Waals surface area contributed by atoms with Crippen molar-refractivity contribution in [3.63, 3.8) is 0 Å². The number of fused-ring (bicyclic) bond motifs is 1. The molecular formula is C40H75N3O11. The average Bonchev–Trinajstić information content (AvgIpc) is 3.44. The minimum Gasteiger partial charge on any atom is -0.459 e. The van der Waals surface area contributed by atoms with Gasteiger partial charge in [0.05, 0.1) is 42.0 Å². The Morgan fingerprint density at radius 2 is 1.56 bits per heavy atom. The topological polar surface area (TPSA) is 152 Å². The average molecular weight is 774 g/mol. The molecule has 0 aromatic heterocycles. The second-order valence-electron chi connectivity index (χ2n) is 18.2. The predicted octanol–water partition coefficient (Wildman–Crippen LogP) is 3.04. The summed E-state index contributed by atoms with van der Waals surface area (Å²) in [5.74, 6) is -2.14. The SMILES string of the molecule is CCC1OC(=O)C(C)C(OC2CC(C)C(O)C(C)O2)C(C)C(OC2OC(C)CC(N(C)C)C2O)C(C)(O)CC(C)CN(C)C(C)C2OC(N(C)C)OC12C. The molecule has 14 heteroatoms. The molecule has 0 aliphatic carbocycles. The highest BCUT2D eigenvalue weighted by atomic mass is 16.8. The number of carbonyl (C=O) groups excluding carboxylic acids is 1. The van der Waals surface area contributed by atoms with Crippen LogP contribution in [-0.2, 0) is 38.0 Å². The molecule has 0 aromatic carbocycles. The highest BCUT2D eigenvalue weighted by Gasteiger charge is 2.57. The van der Waals surface area contributed by atoms with E-state index in [0.29, 0.717) is 32.2 Å². The van der Waals surface area contributed by atoms with Gasteiger partial charge in [-0.2, -0.15) is 0 Å². The molecule has 0 spiro atoms. The van der Waals surface area contributed by atoms with E-state index in [1.807, 2.05) is 86.6 Å². The third-order valence-electron chi connectivity index (χ3n) is 12.7. The normalized spacial score (nSPS) is 49.3. The molecule has 316 valence electrons. The maximum Gasteiger partial charge on any atom is 0.311 e. The van der Waals surface area contributed by atoms with E-state index in [1.165, 1.54) is 0 Å². The Morgan fingerprint density at radius 1 is 0.907 bits per heavy atom. The molecule has 4 heterocycles. The first kappa shape index (κ1) is 45.7. The van der Waals surface area contributed by atoms with Gasteiger partial charge in [-0.1, -0.05) is 27.7 Å². The van der Waals surface area contributed by atoms with E-state index < -0.39 is 90.7 Å². The Labute approximate surface area is 325 Å². The van der Waals surface area contributed by atoms with Crippen LogP contribution in [-0.4, -0.2) is 169 Å². The molecule has 54 heavy (non-hydrogen) atoms. The zero-order valence-electron chi connectivity index (χ0n) is 35.8. The maximum absolute atomic E-state index is 14.5. The van der Waals surface area contributed by atoms with Gasteiger partial charge in [0.1, 0.15) is 23.9 Å². The van der Waals surface area contributed by atoms with Gasteiger partial charge in [-0.05, 0) is 108 Å². The quantitative estimate of drug-likeness (QED) is 0.325. The molecule has 4 rings (SSSR count). The van der Waals surface area contributed by atoms with E-state index in [-0.39, 0.29) is 30.0 Å². The van der Waals surface area contributed by atoms with Crippen molar-refractivity contribution in [1.29, 1.82) is 0 Å². The van der Waals surface area contributed by atoms with Gasteiger partial charge in [0, 0.05) is 31.0 Å². The van der Waals surface area contributed by atoms with Crippen LogP contribution in [0, 0.1) is 23.7 Å². The van der Waals surface area contributed by atoms with Gasteiger partial charge in [0.15, 0.2) is 12.6 Å². The van der Waals surface area contributed by atoms with E-state index in [2.05, 4.69) is 18.7 Å². The molecular weight excluding hydrogens is 698 g/mol. The molecule has 4 aliphatic rings. The van der Waals surface area contributed by atoms with Crippen molar-refractivity contribution in [2.75, 3.05) is 41.8 Å². The van der Waals surface area contributed by atoms with E-state index in [1.54, 1.807) is 13.8 Å². The lowest BCUT2D eigenvalue weighted by Gasteiger charge is -2.48. The predicted molar refractivity (Wildman–Crippen MR) is 203 cm³/mol. The van der Waals surface area contributed by atoms with Crippen molar-refractivity contribution in [1.82, 2.24) is 14.7 Å². The summed E-state index contributed by atoms with van der Waals surface area (Å²) in [6.45, 7) is 19.9. The Kier molecular flexibility index (Phi) is 15.5. The fourth-order valence-electron chi connectivity index (χ4n) is 9.46. The number of rotatable bonds is 7. The first-order chi connectivity index (χ1) is 25.0. The van der Waals surface area contributed by atoms with Crippen LogP contribution in [0.4, 0.5) is 0 Å². The van der Waals surface area contributed by atoms with Gasteiger partial charge in [0.2, 0.25) is 6.41 Å². The highest BCUT2D eigenvalue weighted by molar-refractivity contribution is 5.73. The van der Waals surface area contributed by atoms with Crippen molar-refractivity contribution in [3.05, 3.63) is 0 Å². The van der Waals surface area contributed by atoms with Crippen LogP contribution in [0.15, 0.2) is 0 Å². The lowest BCUT2D eigenvalue weighted by Crippen LogP contribution is -2.59. The van der Waals surface area contributed by atoms with Crippen LogP contribution in [0.1, 0.15) is 94.9 Å². The zero-order valence-corrected chi connectivity index (χ0v) is 35.8. The minimum absolute atomic E-state index is 0.0266. The lowest BCUT2D eigenvalue weighted by molar-refractivity contribution is -0.309. The van der Waals surface area contributed by atoms with Gasteiger partial charge in [-0.3, -0.25) is 9.69 Å². The molecule has 19 atom stereocenters. The second kappa shape index (κ2) is 18.3. The number of cyclic esters (lactones) is 1. The summed E-state index contributed by atoms with van der Waals surface area (Å²) >= 11 is 0. The molecule has 0 radical (unpaired) electrons. The van der Waals surface area contributed by atoms with Crippen LogP contribution in [0.3, 0.4) is 0 Å². The van der Waals surface area contributed by atoms with Crippen molar-refractivity contribution in [2.45, 2.75) is 186 Å². The van der Waals surface area contributed by atoms with Gasteiger partial charge >= 0.3 is 5.97 Å². The van der Waals surface area contributed by atoms with Gasteiger partial charge < -0.3 is 58.3 Å². The number of likely N-dealkylation sites (N-methyl/N-ethyl adjacent to an activating group) is 2. The fourth-order valence-corrected chi connectivity index (χ4v) is 9.46. The number of aliphatic hydroxyl groups is 3. The fraction of sp³-hybridized carbons (Fsp3) is 0.975. The number of carbonyl (C=O) groups is 1. The number of ether oxygens (including phenoxy) is 7. The largest absolute Gasteiger partial charge is 0.459 e. The third-order valence-corrected chi connectivity index (χ3v) is 12.7. The Hall–Kier alpha value is -1.01. The molecule has 19 unspecified atom stereocenters. The summed E-state index contributed by atoms with van der Waals surface area (Å²) in [5, 5.41) is 34.9. The summed E-state index contributed by atoms with van der Waals surface area (Å²) in [5.41, 5.74) is -2.46. The Bertz CT molecular complexity index is 1200. The Balaban J connectivity index is 1.81. The molecule has 0 aromatic rings. The zero-order chi connectivity index (χ0) is 40.6. The summed E-state index contributed by atoms with van der Waals surface area (Å²) in [7, 11) is 9.65. The molecule has 4 aliphatic heterocycles. The highest BCUT2D eigenvalue weighted by Crippen LogP contribution is 2.42. The third kappa shape index (κ3) is 9.98. The van der Waals surface area contributed by atoms with E-state index in [0.717, 1.165) is 0 Å². The van der Waals surface area contributed by atoms with Crippen LogP contribution >= 0.6 is 0 Å². The standard InChI is InChI=1S/C40H75N3O11/c1-16-29-40(10)35(53-38(54-40)42(13)14)26(7)43(15)20-21(2)19-39(9,47)34(52-37-32(45)28(41(11)12)18-23(4)48-37)24(5)33(25(6)36(46)50-29)51-30-17-22(3)31(44)27(8)49-30/h21-35,37-38,44-45,47H,16-20H2,1-15H3. The van der Waals surface area contributed by atoms with Gasteiger partial charge in [-0.15, -0.1) is 0 Å². The van der Waals surface area contributed by atoms with E-state index in [9.17, 15) is 20.1 Å². The van der Waals surface area contributed by atoms with E-state index >= 15 is 0 Å². The van der Waals surface area contributed by atoms with Gasteiger partial charge in [0.25, 0.3) is 0 Å². The lowest BCUT2D eigenvalue weighted by atomic mass is 9.77. The monoisotopic (exact) mass is 774 g/mol. The van der Waals surface area contributed by atoms with Gasteiger partial charge in [-0.25, -0.2) is 0 Å². The number of esters is 1. The molecule has 0 amide bonds. The molecule has 14 nitrogen and oxygen atoms in total. The smallest absolute Gasteiger partial charge is 0.311 e. The van der Waals surface area contributed by atoms with Crippen molar-refractivity contribution in [3.8, 4) is 0 Å². The van der Waals surface area contributed by atoms with Crippen LogP contribution in [0.5, 0.6) is 0 Å². The number of hydrogen-bond acceptors (Lipinski definition) is 14. The Morgan fingerprint density at radius 3 is 2.13 bits per heavy atom. The summed E-state index contributed by atoms with van der Waals surface area (Å²) in [4.78, 5) is 20.6. The number of hydrogen-bond donors (Lipinski definition) is 3. The van der Waals surface area contributed by atoms with Crippen LogP contribution in [0.25, 0.3) is 0 Å². The number of aliphatic hydroxyl groups excluding tert-OH is 2. The molecule has 0 saturated carbocycles. The second-order valence-corrected chi connectivity index (χ2v) is 18.2. The molecule has 4 saturated heterocycles.